The van der Waals surface area contributed by atoms with Gasteiger partial charge in [-0.25, -0.2) is 0 Å². The van der Waals surface area contributed by atoms with Crippen LogP contribution < -0.4 is 14.4 Å². The maximum absolute atomic E-state index is 13.0. The molecule has 0 bridgehead atoms. The minimum Gasteiger partial charge on any atom is -0.493 e. The average Bonchev–Trinajstić information content (AvgIpc) is 2.93. The molecule has 1 heterocycles. The molecule has 1 aliphatic rings. The molecule has 2 aromatic rings. The minimum absolute atomic E-state index is 0.0812. The third kappa shape index (κ3) is 4.44. The molecular weight excluding hydrogens is 526 g/mol. The zero-order valence-corrected chi connectivity index (χ0v) is 19.4. The lowest BCUT2D eigenvalue weighted by Crippen LogP contribution is -2.27. The highest BCUT2D eigenvalue weighted by atomic mass is 79.9. The fraction of sp³-hybridized carbons (Fsp3) is 0.100. The van der Waals surface area contributed by atoms with Crippen molar-refractivity contribution < 1.29 is 14.3 Å². The van der Waals surface area contributed by atoms with Crippen LogP contribution >= 0.6 is 55.8 Å². The Bertz CT molecular complexity index is 1030. The predicted molar refractivity (Wildman–Crippen MR) is 125 cm³/mol. The van der Waals surface area contributed by atoms with E-state index in [2.05, 4.69) is 37.8 Å². The molecule has 0 aliphatic carbocycles. The SMILES string of the molecule is C#CCOc1c(/C=C2/SC(=S)N(c3cccc(Br)c3)C2=O)cc(Br)cc1OC. The van der Waals surface area contributed by atoms with Crippen molar-refractivity contribution in [1.29, 1.82) is 0 Å². The maximum Gasteiger partial charge on any atom is 0.270 e. The largest absolute Gasteiger partial charge is 0.493 e. The fourth-order valence-electron chi connectivity index (χ4n) is 2.56. The van der Waals surface area contributed by atoms with Crippen LogP contribution in [0.5, 0.6) is 11.5 Å². The van der Waals surface area contributed by atoms with Gasteiger partial charge in [-0.1, -0.05) is 67.8 Å². The number of carbonyl (C=O) groups excluding carboxylic acids is 1. The van der Waals surface area contributed by atoms with Gasteiger partial charge in [0, 0.05) is 14.5 Å². The summed E-state index contributed by atoms with van der Waals surface area (Å²) in [6, 6.07) is 11.0. The van der Waals surface area contributed by atoms with Gasteiger partial charge in [-0.2, -0.15) is 0 Å². The minimum atomic E-state index is -0.199. The van der Waals surface area contributed by atoms with Gasteiger partial charge in [0.25, 0.3) is 5.91 Å². The fourth-order valence-corrected chi connectivity index (χ4v) is 4.69. The molecule has 28 heavy (non-hydrogen) atoms. The van der Waals surface area contributed by atoms with E-state index in [1.807, 2.05) is 30.3 Å². The summed E-state index contributed by atoms with van der Waals surface area (Å²) < 4.78 is 13.2. The second-order valence-corrected chi connectivity index (χ2v) is 9.02. The summed E-state index contributed by atoms with van der Waals surface area (Å²) in [5.41, 5.74) is 1.37. The molecule has 0 unspecified atom stereocenters. The number of hydrogen-bond donors (Lipinski definition) is 0. The zero-order chi connectivity index (χ0) is 20.3. The third-order valence-electron chi connectivity index (χ3n) is 3.71. The Kier molecular flexibility index (Phi) is 6.83. The topological polar surface area (TPSA) is 38.8 Å². The number of thiocarbonyl (C=S) groups is 1. The molecule has 4 nitrogen and oxygen atoms in total. The van der Waals surface area contributed by atoms with Gasteiger partial charge in [0.2, 0.25) is 0 Å². The summed E-state index contributed by atoms with van der Waals surface area (Å²) in [5, 5.41) is 0. The number of hydrogen-bond acceptors (Lipinski definition) is 5. The standard InChI is InChI=1S/C20H13Br2NO3S2/c1-3-7-26-18-12(8-14(22)11-16(18)25-2)9-17-19(24)23(20(27)28-17)15-6-4-5-13(21)10-15/h1,4-6,8-11H,7H2,2H3/b17-9+. The van der Waals surface area contributed by atoms with Gasteiger partial charge in [0.15, 0.2) is 15.8 Å². The van der Waals surface area contributed by atoms with Crippen molar-refractivity contribution in [2.75, 3.05) is 18.6 Å². The van der Waals surface area contributed by atoms with Crippen LogP contribution in [0, 0.1) is 12.3 Å². The number of thioether (sulfide) groups is 1. The Labute approximate surface area is 189 Å². The highest BCUT2D eigenvalue weighted by molar-refractivity contribution is 9.10. The Morgan fingerprint density at radius 2 is 2.07 bits per heavy atom. The lowest BCUT2D eigenvalue weighted by molar-refractivity contribution is -0.113. The molecule has 1 fully saturated rings. The summed E-state index contributed by atoms with van der Waals surface area (Å²) in [6.45, 7) is 0.0812. The molecule has 0 N–H and O–H groups in total. The number of rotatable bonds is 5. The summed E-state index contributed by atoms with van der Waals surface area (Å²) >= 11 is 13.5. The highest BCUT2D eigenvalue weighted by Gasteiger charge is 2.33. The van der Waals surface area contributed by atoms with Crippen molar-refractivity contribution in [1.82, 2.24) is 0 Å². The number of nitrogens with zero attached hydrogens (tertiary/aromatic N) is 1. The number of halogens is 2. The number of amides is 1. The molecule has 0 atom stereocenters. The van der Waals surface area contributed by atoms with Crippen LogP contribution in [0.15, 0.2) is 50.2 Å². The zero-order valence-electron chi connectivity index (χ0n) is 14.6. The van der Waals surface area contributed by atoms with Gasteiger partial charge in [-0.05, 0) is 36.4 Å². The van der Waals surface area contributed by atoms with Gasteiger partial charge in [-0.15, -0.1) is 6.42 Å². The summed E-state index contributed by atoms with van der Waals surface area (Å²) in [7, 11) is 1.54. The molecule has 0 saturated carbocycles. The molecule has 1 amide bonds. The normalized spacial score (nSPS) is 15.1. The van der Waals surface area contributed by atoms with Gasteiger partial charge >= 0.3 is 0 Å². The predicted octanol–water partition coefficient (Wildman–Crippen LogP) is 5.64. The van der Waals surface area contributed by atoms with Crippen LogP contribution in [-0.4, -0.2) is 23.9 Å². The van der Waals surface area contributed by atoms with E-state index < -0.39 is 0 Å². The Balaban J connectivity index is 2.02. The van der Waals surface area contributed by atoms with Crippen molar-refractivity contribution in [3.05, 3.63) is 55.8 Å². The van der Waals surface area contributed by atoms with Crippen LogP contribution in [0.3, 0.4) is 0 Å². The van der Waals surface area contributed by atoms with E-state index in [9.17, 15) is 4.79 Å². The first-order valence-corrected chi connectivity index (χ1v) is 10.7. The summed E-state index contributed by atoms with van der Waals surface area (Å²) in [4.78, 5) is 15.0. The lowest BCUT2D eigenvalue weighted by Gasteiger charge is -2.15. The van der Waals surface area contributed by atoms with Crippen molar-refractivity contribution in [2.24, 2.45) is 0 Å². The molecule has 1 saturated heterocycles. The molecular formula is C20H13Br2NO3S2. The number of methoxy groups -OCH3 is 1. The van der Waals surface area contributed by atoms with E-state index in [4.69, 9.17) is 28.1 Å². The highest BCUT2D eigenvalue weighted by Crippen LogP contribution is 2.41. The van der Waals surface area contributed by atoms with Crippen molar-refractivity contribution in [3.8, 4) is 23.8 Å². The number of carbonyl (C=O) groups is 1. The molecule has 0 aromatic heterocycles. The molecule has 142 valence electrons. The van der Waals surface area contributed by atoms with E-state index in [1.165, 1.54) is 16.7 Å². The van der Waals surface area contributed by atoms with Crippen LogP contribution in [0.1, 0.15) is 5.56 Å². The van der Waals surface area contributed by atoms with E-state index in [0.717, 1.165) is 8.95 Å². The quantitative estimate of drug-likeness (QED) is 0.280. The number of benzene rings is 2. The van der Waals surface area contributed by atoms with Gasteiger partial charge in [0.1, 0.15) is 6.61 Å². The van der Waals surface area contributed by atoms with Crippen LogP contribution in [0.2, 0.25) is 0 Å². The first-order valence-electron chi connectivity index (χ1n) is 7.92. The van der Waals surface area contributed by atoms with Crippen molar-refractivity contribution in [3.63, 3.8) is 0 Å². The number of anilines is 1. The maximum atomic E-state index is 13.0. The Morgan fingerprint density at radius 1 is 1.29 bits per heavy atom. The molecule has 0 radical (unpaired) electrons. The third-order valence-corrected chi connectivity index (χ3v) is 5.97. The lowest BCUT2D eigenvalue weighted by atomic mass is 10.1. The van der Waals surface area contributed by atoms with Crippen LogP contribution in [-0.2, 0) is 4.79 Å². The van der Waals surface area contributed by atoms with Crippen LogP contribution in [0.25, 0.3) is 6.08 Å². The molecule has 0 spiro atoms. The first-order chi connectivity index (χ1) is 13.4. The second-order valence-electron chi connectivity index (χ2n) is 5.52. The molecule has 1 aliphatic heterocycles. The van der Waals surface area contributed by atoms with Crippen molar-refractivity contribution >= 4 is 77.8 Å². The van der Waals surface area contributed by atoms with Gasteiger partial charge in [-0.3, -0.25) is 9.69 Å². The average molecular weight is 539 g/mol. The van der Waals surface area contributed by atoms with Crippen LogP contribution in [0.4, 0.5) is 5.69 Å². The monoisotopic (exact) mass is 537 g/mol. The molecule has 2 aromatic carbocycles. The van der Waals surface area contributed by atoms with Crippen molar-refractivity contribution in [2.45, 2.75) is 0 Å². The molecule has 3 rings (SSSR count). The second kappa shape index (κ2) is 9.14. The number of ether oxygens (including phenoxy) is 2. The smallest absolute Gasteiger partial charge is 0.270 e. The summed E-state index contributed by atoms with van der Waals surface area (Å²) in [5.74, 6) is 3.22. The van der Waals surface area contributed by atoms with Gasteiger partial charge < -0.3 is 9.47 Å². The molecule has 8 heteroatoms. The van der Waals surface area contributed by atoms with E-state index in [-0.39, 0.29) is 12.5 Å². The van der Waals surface area contributed by atoms with E-state index in [0.29, 0.717) is 32.0 Å². The van der Waals surface area contributed by atoms with E-state index >= 15 is 0 Å². The van der Waals surface area contributed by atoms with E-state index in [1.54, 1.807) is 19.3 Å². The summed E-state index contributed by atoms with van der Waals surface area (Å²) in [6.07, 6.45) is 7.05. The first kappa shape index (κ1) is 20.9. The Morgan fingerprint density at radius 3 is 2.75 bits per heavy atom. The van der Waals surface area contributed by atoms with Gasteiger partial charge in [0.05, 0.1) is 17.7 Å². The number of terminal acetylenes is 1. The Hall–Kier alpha value is -1.79.